The van der Waals surface area contributed by atoms with Gasteiger partial charge in [0.2, 0.25) is 0 Å². The van der Waals surface area contributed by atoms with E-state index in [0.717, 1.165) is 43.9 Å². The molecule has 0 spiro atoms. The van der Waals surface area contributed by atoms with Crippen molar-refractivity contribution in [2.45, 2.75) is 5.16 Å². The number of benzene rings is 1. The lowest BCUT2D eigenvalue weighted by atomic mass is 10.2. The van der Waals surface area contributed by atoms with Gasteiger partial charge in [-0.15, -0.1) is 0 Å². The van der Waals surface area contributed by atoms with Crippen LogP contribution in [0.4, 0.5) is 11.5 Å². The highest BCUT2D eigenvalue weighted by Gasteiger charge is 2.23. The number of thioether (sulfide) groups is 1. The lowest BCUT2D eigenvalue weighted by Gasteiger charge is -2.37. The van der Waals surface area contributed by atoms with Gasteiger partial charge in [-0.05, 0) is 30.5 Å². The van der Waals surface area contributed by atoms with Gasteiger partial charge >= 0.3 is 0 Å². The number of carbonyl (C=O) groups excluding carboxylic acids is 1. The van der Waals surface area contributed by atoms with Crippen LogP contribution in [0.2, 0.25) is 5.15 Å². The Bertz CT molecular complexity index is 749. The second-order valence-electron chi connectivity index (χ2n) is 5.53. The van der Waals surface area contributed by atoms with Crippen molar-refractivity contribution in [3.05, 3.63) is 35.0 Å². The molecule has 8 heteroatoms. The maximum absolute atomic E-state index is 11.4. The standard InChI is InChI=1S/C17H19ClN4O2S/c1-24-13-5-3-12(4-6-13)21-7-9-22(10-8-21)16-14(11-23)15(18)19-17(20-16)25-2/h3-6,11H,7-10H2,1-2H3. The molecule has 0 unspecified atom stereocenters. The molecule has 0 bridgehead atoms. The molecule has 1 saturated heterocycles. The van der Waals surface area contributed by atoms with Crippen LogP contribution in [-0.2, 0) is 0 Å². The van der Waals surface area contributed by atoms with Crippen LogP contribution in [0.3, 0.4) is 0 Å². The highest BCUT2D eigenvalue weighted by Crippen LogP contribution is 2.28. The highest BCUT2D eigenvalue weighted by molar-refractivity contribution is 7.98. The topological polar surface area (TPSA) is 58.6 Å². The molecule has 0 amide bonds. The summed E-state index contributed by atoms with van der Waals surface area (Å²) in [4.78, 5) is 24.4. The van der Waals surface area contributed by atoms with E-state index in [4.69, 9.17) is 16.3 Å². The fourth-order valence-electron chi connectivity index (χ4n) is 2.82. The number of hydrogen-bond donors (Lipinski definition) is 0. The number of aromatic nitrogens is 2. The molecule has 2 aromatic rings. The summed E-state index contributed by atoms with van der Waals surface area (Å²) >= 11 is 7.55. The Labute approximate surface area is 156 Å². The Morgan fingerprint density at radius 2 is 1.76 bits per heavy atom. The van der Waals surface area contributed by atoms with Gasteiger partial charge in [0.25, 0.3) is 0 Å². The molecule has 1 aliphatic heterocycles. The predicted octanol–water partition coefficient (Wildman–Crippen LogP) is 3.00. The molecule has 3 rings (SSSR count). The third-order valence-electron chi connectivity index (χ3n) is 4.18. The number of anilines is 2. The van der Waals surface area contributed by atoms with Gasteiger partial charge in [0.1, 0.15) is 16.7 Å². The van der Waals surface area contributed by atoms with E-state index >= 15 is 0 Å². The summed E-state index contributed by atoms with van der Waals surface area (Å²) < 4.78 is 5.20. The largest absolute Gasteiger partial charge is 0.497 e. The quantitative estimate of drug-likeness (QED) is 0.343. The third kappa shape index (κ3) is 3.82. The van der Waals surface area contributed by atoms with E-state index in [9.17, 15) is 4.79 Å². The molecule has 2 heterocycles. The summed E-state index contributed by atoms with van der Waals surface area (Å²) in [5, 5.41) is 0.783. The van der Waals surface area contributed by atoms with Gasteiger partial charge in [-0.2, -0.15) is 0 Å². The summed E-state index contributed by atoms with van der Waals surface area (Å²) in [6, 6.07) is 8.03. The first-order valence-electron chi connectivity index (χ1n) is 7.87. The van der Waals surface area contributed by atoms with E-state index in [1.54, 1.807) is 7.11 Å². The molecule has 0 saturated carbocycles. The minimum absolute atomic E-state index is 0.210. The van der Waals surface area contributed by atoms with Gasteiger partial charge in [-0.25, -0.2) is 9.97 Å². The van der Waals surface area contributed by atoms with Crippen LogP contribution in [0.15, 0.2) is 29.4 Å². The normalized spacial score (nSPS) is 14.5. The number of halogens is 1. The lowest BCUT2D eigenvalue weighted by molar-refractivity contribution is 0.112. The molecule has 6 nitrogen and oxygen atoms in total. The summed E-state index contributed by atoms with van der Waals surface area (Å²) in [6.45, 7) is 3.18. The monoisotopic (exact) mass is 378 g/mol. The van der Waals surface area contributed by atoms with Crippen molar-refractivity contribution in [2.24, 2.45) is 0 Å². The molecule has 1 aliphatic rings. The Balaban J connectivity index is 1.75. The number of carbonyl (C=O) groups is 1. The predicted molar refractivity (Wildman–Crippen MR) is 102 cm³/mol. The Hall–Kier alpha value is -1.99. The van der Waals surface area contributed by atoms with Crippen molar-refractivity contribution in [3.8, 4) is 5.75 Å². The molecular formula is C17H19ClN4O2S. The Kier molecular flexibility index (Phi) is 5.65. The molecule has 0 aliphatic carbocycles. The van der Waals surface area contributed by atoms with Gasteiger partial charge in [0, 0.05) is 31.9 Å². The number of nitrogens with zero attached hydrogens (tertiary/aromatic N) is 4. The SMILES string of the molecule is COc1ccc(N2CCN(c3nc(SC)nc(Cl)c3C=O)CC2)cc1. The molecule has 1 aromatic carbocycles. The van der Waals surface area contributed by atoms with E-state index in [2.05, 4.69) is 31.9 Å². The zero-order chi connectivity index (χ0) is 17.8. The van der Waals surface area contributed by atoms with Crippen molar-refractivity contribution in [1.29, 1.82) is 0 Å². The Morgan fingerprint density at radius 3 is 2.32 bits per heavy atom. The maximum Gasteiger partial charge on any atom is 0.190 e. The van der Waals surface area contributed by atoms with Crippen molar-refractivity contribution in [2.75, 3.05) is 49.3 Å². The smallest absolute Gasteiger partial charge is 0.190 e. The third-order valence-corrected chi connectivity index (χ3v) is 5.01. The molecule has 132 valence electrons. The number of aldehydes is 1. The fraction of sp³-hybridized carbons (Fsp3) is 0.353. The van der Waals surface area contributed by atoms with Gasteiger partial charge in [0.05, 0.1) is 12.7 Å². The second-order valence-corrected chi connectivity index (χ2v) is 6.66. The van der Waals surface area contributed by atoms with Crippen LogP contribution in [0.5, 0.6) is 5.75 Å². The van der Waals surface area contributed by atoms with E-state index in [-0.39, 0.29) is 5.15 Å². The molecule has 1 aromatic heterocycles. The van der Waals surface area contributed by atoms with Crippen LogP contribution >= 0.6 is 23.4 Å². The Morgan fingerprint density at radius 1 is 1.12 bits per heavy atom. The molecule has 25 heavy (non-hydrogen) atoms. The minimum Gasteiger partial charge on any atom is -0.497 e. The first-order chi connectivity index (χ1) is 12.2. The summed E-state index contributed by atoms with van der Waals surface area (Å²) in [7, 11) is 1.66. The number of hydrogen-bond acceptors (Lipinski definition) is 7. The second kappa shape index (κ2) is 7.93. The number of piperazine rings is 1. The van der Waals surface area contributed by atoms with Crippen molar-refractivity contribution in [1.82, 2.24) is 9.97 Å². The highest BCUT2D eigenvalue weighted by atomic mass is 35.5. The van der Waals surface area contributed by atoms with E-state index in [1.165, 1.54) is 11.8 Å². The molecular weight excluding hydrogens is 360 g/mol. The van der Waals surface area contributed by atoms with Gasteiger partial charge < -0.3 is 14.5 Å². The number of ether oxygens (including phenoxy) is 1. The number of methoxy groups -OCH3 is 1. The van der Waals surface area contributed by atoms with Crippen molar-refractivity contribution >= 4 is 41.2 Å². The molecule has 0 N–H and O–H groups in total. The summed E-state index contributed by atoms with van der Waals surface area (Å²) in [5.41, 5.74) is 1.51. The van der Waals surface area contributed by atoms with Gasteiger partial charge in [0.15, 0.2) is 11.4 Å². The zero-order valence-corrected chi connectivity index (χ0v) is 15.7. The molecule has 1 fully saturated rings. The van der Waals surface area contributed by atoms with Crippen molar-refractivity contribution < 1.29 is 9.53 Å². The average Bonchev–Trinajstić information content (AvgIpc) is 2.67. The van der Waals surface area contributed by atoms with Gasteiger partial charge in [-0.3, -0.25) is 4.79 Å². The molecule has 0 radical (unpaired) electrons. The van der Waals surface area contributed by atoms with Crippen molar-refractivity contribution in [3.63, 3.8) is 0 Å². The molecule has 0 atom stereocenters. The van der Waals surface area contributed by atoms with E-state index < -0.39 is 0 Å². The summed E-state index contributed by atoms with van der Waals surface area (Å²) in [6.07, 6.45) is 2.62. The first kappa shape index (κ1) is 17.8. The van der Waals surface area contributed by atoms with Crippen LogP contribution in [0, 0.1) is 0 Å². The minimum atomic E-state index is 0.210. The average molecular weight is 379 g/mol. The van der Waals surface area contributed by atoms with E-state index in [0.29, 0.717) is 16.5 Å². The fourth-order valence-corrected chi connectivity index (χ4v) is 3.43. The van der Waals surface area contributed by atoms with Crippen LogP contribution < -0.4 is 14.5 Å². The first-order valence-corrected chi connectivity index (χ1v) is 9.47. The zero-order valence-electron chi connectivity index (χ0n) is 14.1. The number of rotatable bonds is 5. The van der Waals surface area contributed by atoms with Crippen LogP contribution in [-0.4, -0.2) is 55.8 Å². The maximum atomic E-state index is 11.4. The van der Waals surface area contributed by atoms with Crippen LogP contribution in [0.1, 0.15) is 10.4 Å². The summed E-state index contributed by atoms with van der Waals surface area (Å²) in [5.74, 6) is 1.46. The van der Waals surface area contributed by atoms with E-state index in [1.807, 2.05) is 18.4 Å². The van der Waals surface area contributed by atoms with Gasteiger partial charge in [-0.1, -0.05) is 23.4 Å². The lowest BCUT2D eigenvalue weighted by Crippen LogP contribution is -2.47. The van der Waals surface area contributed by atoms with Crippen LogP contribution in [0.25, 0.3) is 0 Å².